The zero-order valence-corrected chi connectivity index (χ0v) is 9.16. The van der Waals surface area contributed by atoms with Gasteiger partial charge in [-0.2, -0.15) is 0 Å². The third kappa shape index (κ3) is 1.66. The average Bonchev–Trinajstić information content (AvgIpc) is 2.46. The second-order valence-electron chi connectivity index (χ2n) is 2.51. The van der Waals surface area contributed by atoms with Gasteiger partial charge < -0.3 is 0 Å². The predicted molar refractivity (Wildman–Crippen MR) is 59.1 cm³/mol. The summed E-state index contributed by atoms with van der Waals surface area (Å²) in [6.07, 6.45) is 0. The molecule has 1 aromatic heterocycles. The molecule has 0 amide bonds. The molecule has 6 heteroatoms. The van der Waals surface area contributed by atoms with Gasteiger partial charge >= 0.3 is 9.75 Å². The van der Waals surface area contributed by atoms with Gasteiger partial charge in [-0.15, -0.1) is 0 Å². The maximum atomic E-state index is 11.3. The van der Waals surface area contributed by atoms with E-state index < -0.39 is 0 Å². The van der Waals surface area contributed by atoms with Crippen LogP contribution in [0, 0.1) is 0 Å². The van der Waals surface area contributed by atoms with Crippen molar-refractivity contribution < 1.29 is 0 Å². The SMILES string of the molecule is O=c1ssc(=O)n1-c1cccc(Cl)c1. The van der Waals surface area contributed by atoms with Crippen LogP contribution < -0.4 is 9.75 Å². The van der Waals surface area contributed by atoms with Crippen molar-refractivity contribution in [1.29, 1.82) is 0 Å². The lowest BCUT2D eigenvalue weighted by Gasteiger charge is -1.98. The molecule has 0 bridgehead atoms. The van der Waals surface area contributed by atoms with Crippen LogP contribution in [0.2, 0.25) is 5.02 Å². The van der Waals surface area contributed by atoms with Crippen molar-refractivity contribution >= 4 is 32.3 Å². The normalized spacial score (nSPS) is 10.4. The molecule has 72 valence electrons. The molecule has 0 saturated carbocycles. The minimum atomic E-state index is -0.276. The van der Waals surface area contributed by atoms with Crippen LogP contribution in [-0.4, -0.2) is 4.57 Å². The average molecular weight is 246 g/mol. The first kappa shape index (κ1) is 9.64. The summed E-state index contributed by atoms with van der Waals surface area (Å²) in [6, 6.07) is 6.65. The molecule has 0 unspecified atom stereocenters. The first-order valence-corrected chi connectivity index (χ1v) is 6.19. The lowest BCUT2D eigenvalue weighted by molar-refractivity contribution is 1.01. The van der Waals surface area contributed by atoms with Crippen LogP contribution >= 0.6 is 32.3 Å². The summed E-state index contributed by atoms with van der Waals surface area (Å²) >= 11 is 5.76. The summed E-state index contributed by atoms with van der Waals surface area (Å²) < 4.78 is 1.11. The highest BCUT2D eigenvalue weighted by Gasteiger charge is 2.06. The predicted octanol–water partition coefficient (Wildman–Crippen LogP) is 1.97. The molecule has 0 atom stereocenters. The fraction of sp³-hybridized carbons (Fsp3) is 0. The van der Waals surface area contributed by atoms with Gasteiger partial charge in [0, 0.05) is 5.02 Å². The van der Waals surface area contributed by atoms with Gasteiger partial charge in [-0.1, -0.05) is 17.7 Å². The molecule has 0 aliphatic rings. The Morgan fingerprint density at radius 1 is 1.14 bits per heavy atom. The van der Waals surface area contributed by atoms with Crippen LogP contribution in [0.4, 0.5) is 0 Å². The Kier molecular flexibility index (Phi) is 2.54. The van der Waals surface area contributed by atoms with E-state index in [1.807, 2.05) is 0 Å². The highest BCUT2D eigenvalue weighted by atomic mass is 35.5. The standard InChI is InChI=1S/C8H4ClNO2S2/c9-5-2-1-3-6(4-5)10-7(11)13-14-8(10)12/h1-4H. The molecule has 2 rings (SSSR count). The number of benzene rings is 1. The van der Waals surface area contributed by atoms with E-state index in [0.29, 0.717) is 10.7 Å². The molecule has 0 saturated heterocycles. The van der Waals surface area contributed by atoms with Gasteiger partial charge in [0.15, 0.2) is 0 Å². The first-order chi connectivity index (χ1) is 6.68. The van der Waals surface area contributed by atoms with Crippen LogP contribution in [0.15, 0.2) is 33.9 Å². The van der Waals surface area contributed by atoms with Crippen molar-refractivity contribution in [2.24, 2.45) is 0 Å². The molecule has 0 aliphatic heterocycles. The van der Waals surface area contributed by atoms with E-state index in [-0.39, 0.29) is 9.75 Å². The summed E-state index contributed by atoms with van der Waals surface area (Å²) in [5.74, 6) is 0. The number of hydrogen-bond donors (Lipinski definition) is 0. The van der Waals surface area contributed by atoms with Gasteiger partial charge in [-0.3, -0.25) is 9.59 Å². The molecule has 0 aliphatic carbocycles. The minimum absolute atomic E-state index is 0.276. The number of rotatable bonds is 1. The van der Waals surface area contributed by atoms with E-state index >= 15 is 0 Å². The van der Waals surface area contributed by atoms with E-state index in [4.69, 9.17) is 11.6 Å². The van der Waals surface area contributed by atoms with E-state index in [1.165, 1.54) is 0 Å². The van der Waals surface area contributed by atoms with Crippen LogP contribution in [0.5, 0.6) is 0 Å². The Labute approximate surface area is 91.2 Å². The first-order valence-electron chi connectivity index (χ1n) is 3.66. The molecule has 14 heavy (non-hydrogen) atoms. The molecule has 0 radical (unpaired) electrons. The maximum Gasteiger partial charge on any atom is 0.325 e. The smallest absolute Gasteiger partial charge is 0.255 e. The fourth-order valence-corrected chi connectivity index (χ4v) is 2.83. The highest BCUT2D eigenvalue weighted by Crippen LogP contribution is 2.12. The summed E-state index contributed by atoms with van der Waals surface area (Å²) in [5.41, 5.74) is 0.519. The third-order valence-corrected chi connectivity index (χ3v) is 3.69. The van der Waals surface area contributed by atoms with E-state index in [0.717, 1.165) is 25.2 Å². The molecule has 0 fully saturated rings. The second kappa shape index (κ2) is 3.68. The molecular formula is C8H4ClNO2S2. The van der Waals surface area contributed by atoms with Gasteiger partial charge in [0.05, 0.1) is 5.69 Å². The minimum Gasteiger partial charge on any atom is -0.255 e. The van der Waals surface area contributed by atoms with Crippen LogP contribution in [-0.2, 0) is 0 Å². The van der Waals surface area contributed by atoms with E-state index in [9.17, 15) is 9.59 Å². The second-order valence-corrected chi connectivity index (χ2v) is 4.98. The van der Waals surface area contributed by atoms with Crippen molar-refractivity contribution in [2.75, 3.05) is 0 Å². The zero-order valence-electron chi connectivity index (χ0n) is 6.77. The van der Waals surface area contributed by atoms with Crippen molar-refractivity contribution in [2.45, 2.75) is 0 Å². The summed E-state index contributed by atoms with van der Waals surface area (Å²) in [4.78, 5) is 22.0. The molecule has 1 heterocycles. The van der Waals surface area contributed by atoms with Crippen molar-refractivity contribution in [3.8, 4) is 5.69 Å². The van der Waals surface area contributed by atoms with E-state index in [1.54, 1.807) is 24.3 Å². The van der Waals surface area contributed by atoms with Gasteiger partial charge in [0.2, 0.25) is 0 Å². The molecule has 2 aromatic rings. The topological polar surface area (TPSA) is 39.1 Å². The molecular weight excluding hydrogens is 242 g/mol. The molecule has 3 nitrogen and oxygen atoms in total. The van der Waals surface area contributed by atoms with Crippen LogP contribution in [0.25, 0.3) is 5.69 Å². The Hall–Kier alpha value is -0.910. The Morgan fingerprint density at radius 2 is 1.79 bits per heavy atom. The molecule has 1 aromatic carbocycles. The van der Waals surface area contributed by atoms with Crippen LogP contribution in [0.1, 0.15) is 0 Å². The number of halogens is 1. The summed E-state index contributed by atoms with van der Waals surface area (Å²) in [6.45, 7) is 0. The Morgan fingerprint density at radius 3 is 2.36 bits per heavy atom. The summed E-state index contributed by atoms with van der Waals surface area (Å²) in [7, 11) is 1.85. The fourth-order valence-electron chi connectivity index (χ4n) is 1.05. The highest BCUT2D eigenvalue weighted by molar-refractivity contribution is 7.67. The van der Waals surface area contributed by atoms with Crippen molar-refractivity contribution in [3.63, 3.8) is 0 Å². The van der Waals surface area contributed by atoms with Gasteiger partial charge in [-0.05, 0) is 38.9 Å². The van der Waals surface area contributed by atoms with Crippen LogP contribution in [0.3, 0.4) is 0 Å². The zero-order chi connectivity index (χ0) is 10.1. The van der Waals surface area contributed by atoms with Gasteiger partial charge in [0.1, 0.15) is 0 Å². The summed E-state index contributed by atoms with van der Waals surface area (Å²) in [5, 5.41) is 0.505. The number of aromatic nitrogens is 1. The lowest BCUT2D eigenvalue weighted by Crippen LogP contribution is -2.21. The van der Waals surface area contributed by atoms with Crippen molar-refractivity contribution in [1.82, 2.24) is 4.57 Å². The largest absolute Gasteiger partial charge is 0.325 e. The number of hydrogen-bond acceptors (Lipinski definition) is 4. The number of nitrogens with zero attached hydrogens (tertiary/aromatic N) is 1. The quantitative estimate of drug-likeness (QED) is 0.721. The monoisotopic (exact) mass is 245 g/mol. The molecule has 0 spiro atoms. The van der Waals surface area contributed by atoms with Gasteiger partial charge in [-0.25, -0.2) is 4.57 Å². The lowest BCUT2D eigenvalue weighted by atomic mass is 10.3. The maximum absolute atomic E-state index is 11.3. The third-order valence-electron chi connectivity index (χ3n) is 1.62. The Balaban J connectivity index is 2.72. The van der Waals surface area contributed by atoms with Gasteiger partial charge in [0.25, 0.3) is 0 Å². The molecule has 0 N–H and O–H groups in total. The van der Waals surface area contributed by atoms with Crippen molar-refractivity contribution in [3.05, 3.63) is 48.6 Å². The Bertz CT molecular complexity index is 541. The van der Waals surface area contributed by atoms with E-state index in [2.05, 4.69) is 0 Å².